The van der Waals surface area contributed by atoms with Crippen molar-refractivity contribution >= 4 is 29.1 Å². The third-order valence-electron chi connectivity index (χ3n) is 4.33. The van der Waals surface area contributed by atoms with Gasteiger partial charge in [-0.15, -0.1) is 0 Å². The Bertz CT molecular complexity index is 771. The van der Waals surface area contributed by atoms with E-state index in [4.69, 9.17) is 11.6 Å². The standard InChI is InChI=1S/C19H18ClFN2O2/c20-14-3-7-16(8-4-14)23-18(25)19(10-11-19)17(24)22-12-9-13-1-5-15(21)6-2-13/h1-8H,9-12H2,(H,22,24)(H,23,25). The highest BCUT2D eigenvalue weighted by Gasteiger charge is 2.56. The molecule has 0 bridgehead atoms. The molecule has 6 heteroatoms. The second-order valence-electron chi connectivity index (χ2n) is 6.18. The van der Waals surface area contributed by atoms with E-state index in [0.29, 0.717) is 36.5 Å². The van der Waals surface area contributed by atoms with Gasteiger partial charge in [0.15, 0.2) is 0 Å². The molecule has 1 aliphatic rings. The van der Waals surface area contributed by atoms with Gasteiger partial charge in [0, 0.05) is 17.3 Å². The Hall–Kier alpha value is -2.40. The fraction of sp³-hybridized carbons (Fsp3) is 0.263. The predicted molar refractivity (Wildman–Crippen MR) is 94.9 cm³/mol. The first-order valence-corrected chi connectivity index (χ1v) is 8.47. The molecule has 1 fully saturated rings. The number of carbonyl (C=O) groups excluding carboxylic acids is 2. The zero-order valence-electron chi connectivity index (χ0n) is 13.5. The number of benzene rings is 2. The molecule has 0 heterocycles. The van der Waals surface area contributed by atoms with Crippen LogP contribution in [-0.4, -0.2) is 18.4 Å². The lowest BCUT2D eigenvalue weighted by atomic mass is 10.0. The Morgan fingerprint density at radius 1 is 1.00 bits per heavy atom. The van der Waals surface area contributed by atoms with Crippen LogP contribution in [0, 0.1) is 11.2 Å². The Morgan fingerprint density at radius 3 is 2.24 bits per heavy atom. The van der Waals surface area contributed by atoms with Crippen molar-refractivity contribution in [2.45, 2.75) is 19.3 Å². The third-order valence-corrected chi connectivity index (χ3v) is 4.59. The Morgan fingerprint density at radius 2 is 1.64 bits per heavy atom. The lowest BCUT2D eigenvalue weighted by Gasteiger charge is -2.15. The third kappa shape index (κ3) is 4.17. The normalized spacial score (nSPS) is 14.6. The molecule has 130 valence electrons. The van der Waals surface area contributed by atoms with E-state index in [2.05, 4.69) is 10.6 Å². The minimum absolute atomic E-state index is 0.263. The van der Waals surface area contributed by atoms with E-state index in [9.17, 15) is 14.0 Å². The molecule has 1 aliphatic carbocycles. The Labute approximate surface area is 150 Å². The smallest absolute Gasteiger partial charge is 0.240 e. The quantitative estimate of drug-likeness (QED) is 0.774. The van der Waals surface area contributed by atoms with Gasteiger partial charge in [0.25, 0.3) is 0 Å². The van der Waals surface area contributed by atoms with Crippen LogP contribution in [0.4, 0.5) is 10.1 Å². The molecular weight excluding hydrogens is 343 g/mol. The average molecular weight is 361 g/mol. The van der Waals surface area contributed by atoms with E-state index in [1.165, 1.54) is 12.1 Å². The van der Waals surface area contributed by atoms with Gasteiger partial charge in [0.2, 0.25) is 11.8 Å². The van der Waals surface area contributed by atoms with Crippen molar-refractivity contribution in [2.75, 3.05) is 11.9 Å². The van der Waals surface area contributed by atoms with E-state index in [-0.39, 0.29) is 17.6 Å². The molecule has 2 amide bonds. The summed E-state index contributed by atoms with van der Waals surface area (Å²) in [5, 5.41) is 6.16. The SMILES string of the molecule is O=C(NCCc1ccc(F)cc1)C1(C(=O)Nc2ccc(Cl)cc2)CC1. The predicted octanol–water partition coefficient (Wildman–Crippen LogP) is 3.56. The monoisotopic (exact) mass is 360 g/mol. The first-order chi connectivity index (χ1) is 12.0. The largest absolute Gasteiger partial charge is 0.355 e. The van der Waals surface area contributed by atoms with Crippen LogP contribution in [0.15, 0.2) is 48.5 Å². The fourth-order valence-corrected chi connectivity index (χ4v) is 2.73. The van der Waals surface area contributed by atoms with Gasteiger partial charge in [-0.25, -0.2) is 4.39 Å². The summed E-state index contributed by atoms with van der Waals surface area (Å²) in [4.78, 5) is 24.9. The maximum atomic E-state index is 12.9. The van der Waals surface area contributed by atoms with Crippen molar-refractivity contribution in [1.82, 2.24) is 5.32 Å². The van der Waals surface area contributed by atoms with E-state index in [1.54, 1.807) is 36.4 Å². The molecule has 0 aliphatic heterocycles. The molecule has 0 radical (unpaired) electrons. The maximum absolute atomic E-state index is 12.9. The van der Waals surface area contributed by atoms with Gasteiger partial charge in [-0.05, 0) is 61.2 Å². The van der Waals surface area contributed by atoms with Crippen LogP contribution < -0.4 is 10.6 Å². The molecule has 4 nitrogen and oxygen atoms in total. The number of carbonyl (C=O) groups is 2. The van der Waals surface area contributed by atoms with Gasteiger partial charge in [-0.2, -0.15) is 0 Å². The summed E-state index contributed by atoms with van der Waals surface area (Å²) in [6, 6.07) is 12.9. The van der Waals surface area contributed by atoms with Gasteiger partial charge >= 0.3 is 0 Å². The summed E-state index contributed by atoms with van der Waals surface area (Å²) >= 11 is 5.82. The second kappa shape index (κ2) is 7.23. The lowest BCUT2D eigenvalue weighted by Crippen LogP contribution is -2.40. The van der Waals surface area contributed by atoms with Gasteiger partial charge in [-0.3, -0.25) is 9.59 Å². The van der Waals surface area contributed by atoms with Gasteiger partial charge in [0.1, 0.15) is 11.2 Å². The highest BCUT2D eigenvalue weighted by molar-refractivity contribution is 6.30. The summed E-state index contributed by atoms with van der Waals surface area (Å²) in [6.45, 7) is 0.403. The van der Waals surface area contributed by atoms with Crippen molar-refractivity contribution in [1.29, 1.82) is 0 Å². The van der Waals surface area contributed by atoms with Crippen LogP contribution in [0.3, 0.4) is 0 Å². The van der Waals surface area contributed by atoms with Crippen LogP contribution in [0.1, 0.15) is 18.4 Å². The van der Waals surface area contributed by atoms with Crippen LogP contribution >= 0.6 is 11.6 Å². The van der Waals surface area contributed by atoms with Crippen molar-refractivity contribution in [3.05, 3.63) is 64.9 Å². The minimum atomic E-state index is -0.984. The molecule has 1 saturated carbocycles. The minimum Gasteiger partial charge on any atom is -0.355 e. The van der Waals surface area contributed by atoms with Gasteiger partial charge < -0.3 is 10.6 Å². The van der Waals surface area contributed by atoms with E-state index in [0.717, 1.165) is 5.56 Å². The molecule has 0 atom stereocenters. The van der Waals surface area contributed by atoms with Crippen molar-refractivity contribution in [3.63, 3.8) is 0 Å². The summed E-state index contributed by atoms with van der Waals surface area (Å²) < 4.78 is 12.9. The van der Waals surface area contributed by atoms with E-state index < -0.39 is 5.41 Å². The van der Waals surface area contributed by atoms with E-state index >= 15 is 0 Å². The van der Waals surface area contributed by atoms with E-state index in [1.807, 2.05) is 0 Å². The molecule has 2 N–H and O–H groups in total. The summed E-state index contributed by atoms with van der Waals surface area (Å²) in [5.74, 6) is -0.848. The van der Waals surface area contributed by atoms with Crippen molar-refractivity contribution < 1.29 is 14.0 Å². The number of hydrogen-bond acceptors (Lipinski definition) is 2. The second-order valence-corrected chi connectivity index (χ2v) is 6.61. The summed E-state index contributed by atoms with van der Waals surface area (Å²) in [7, 11) is 0. The number of nitrogens with one attached hydrogen (secondary N) is 2. The molecular formula is C19H18ClFN2O2. The highest BCUT2D eigenvalue weighted by Crippen LogP contribution is 2.46. The zero-order chi connectivity index (χ0) is 17.9. The molecule has 2 aromatic carbocycles. The van der Waals surface area contributed by atoms with Crippen molar-refractivity contribution in [3.8, 4) is 0 Å². The lowest BCUT2D eigenvalue weighted by molar-refractivity contribution is -0.134. The van der Waals surface area contributed by atoms with Crippen LogP contribution in [0.25, 0.3) is 0 Å². The molecule has 2 aromatic rings. The topological polar surface area (TPSA) is 58.2 Å². The number of anilines is 1. The number of hydrogen-bond donors (Lipinski definition) is 2. The zero-order valence-corrected chi connectivity index (χ0v) is 14.3. The van der Waals surface area contributed by atoms with Crippen molar-refractivity contribution in [2.24, 2.45) is 5.41 Å². The molecule has 0 aromatic heterocycles. The summed E-state index contributed by atoms with van der Waals surface area (Å²) in [6.07, 6.45) is 1.66. The summed E-state index contributed by atoms with van der Waals surface area (Å²) in [5.41, 5.74) is 0.555. The molecule has 0 saturated heterocycles. The first kappa shape index (κ1) is 17.4. The highest BCUT2D eigenvalue weighted by atomic mass is 35.5. The molecule has 25 heavy (non-hydrogen) atoms. The number of amides is 2. The fourth-order valence-electron chi connectivity index (χ4n) is 2.61. The maximum Gasteiger partial charge on any atom is 0.240 e. The van der Waals surface area contributed by atoms with Gasteiger partial charge in [0.05, 0.1) is 0 Å². The molecule has 0 spiro atoms. The number of halogens is 2. The van der Waals surface area contributed by atoms with Crippen LogP contribution in [0.5, 0.6) is 0 Å². The average Bonchev–Trinajstić information content (AvgIpc) is 3.41. The molecule has 0 unspecified atom stereocenters. The Kier molecular flexibility index (Phi) is 5.04. The van der Waals surface area contributed by atoms with Gasteiger partial charge in [-0.1, -0.05) is 23.7 Å². The number of rotatable bonds is 6. The Balaban J connectivity index is 1.52. The first-order valence-electron chi connectivity index (χ1n) is 8.09. The molecule has 3 rings (SSSR count). The van der Waals surface area contributed by atoms with Crippen LogP contribution in [0.2, 0.25) is 5.02 Å². The van der Waals surface area contributed by atoms with Crippen LogP contribution in [-0.2, 0) is 16.0 Å².